The van der Waals surface area contributed by atoms with Crippen LogP contribution in [0.15, 0.2) is 0 Å². The minimum atomic E-state index is -0.399. The first-order chi connectivity index (χ1) is 5.98. The lowest BCUT2D eigenvalue weighted by atomic mass is 10.0. The minimum absolute atomic E-state index is 0.360. The zero-order chi connectivity index (χ0) is 10.3. The molecule has 13 heavy (non-hydrogen) atoms. The number of hydrogen-bond donors (Lipinski definition) is 0. The zero-order valence-electron chi connectivity index (χ0n) is 9.05. The Balaban J connectivity index is 3.59. The van der Waals surface area contributed by atoms with Crippen LogP contribution in [0.25, 0.3) is 0 Å². The van der Waals surface area contributed by atoms with E-state index in [0.717, 1.165) is 12.8 Å². The van der Waals surface area contributed by atoms with Gasteiger partial charge in [0.1, 0.15) is 5.60 Å². The molecule has 0 spiro atoms. The predicted molar refractivity (Wildman–Crippen MR) is 51.1 cm³/mol. The van der Waals surface area contributed by atoms with Crippen molar-refractivity contribution in [1.82, 2.24) is 0 Å². The van der Waals surface area contributed by atoms with E-state index in [2.05, 4.69) is 11.8 Å². The van der Waals surface area contributed by atoms with Crippen LogP contribution in [-0.4, -0.2) is 11.6 Å². The number of unbranched alkanes of at least 4 members (excludes halogenated alkanes) is 2. The van der Waals surface area contributed by atoms with E-state index in [1.54, 1.807) is 0 Å². The van der Waals surface area contributed by atoms with Gasteiger partial charge in [-0.25, -0.2) is 4.79 Å². The van der Waals surface area contributed by atoms with Gasteiger partial charge in [-0.15, -0.1) is 0 Å². The van der Waals surface area contributed by atoms with Crippen molar-refractivity contribution in [2.24, 2.45) is 0 Å². The van der Waals surface area contributed by atoms with E-state index in [-0.39, 0.29) is 5.60 Å². The summed E-state index contributed by atoms with van der Waals surface area (Å²) in [7, 11) is 0. The van der Waals surface area contributed by atoms with Crippen molar-refractivity contribution >= 4 is 5.97 Å². The summed E-state index contributed by atoms with van der Waals surface area (Å²) in [6.45, 7) is 7.33. The molecule has 0 aromatic carbocycles. The van der Waals surface area contributed by atoms with Gasteiger partial charge in [0.25, 0.3) is 0 Å². The molecule has 0 aromatic rings. The molecule has 0 saturated heterocycles. The summed E-state index contributed by atoms with van der Waals surface area (Å²) in [4.78, 5) is 20.0. The summed E-state index contributed by atoms with van der Waals surface area (Å²) in [5, 5.41) is 0. The highest BCUT2D eigenvalue weighted by Gasteiger charge is 2.20. The summed E-state index contributed by atoms with van der Waals surface area (Å²) in [6, 6.07) is 0. The summed E-state index contributed by atoms with van der Waals surface area (Å²) in [5.74, 6) is -0.399. The Morgan fingerprint density at radius 2 is 1.92 bits per heavy atom. The molecule has 0 unspecified atom stereocenters. The number of hydrogen-bond acceptors (Lipinski definition) is 3. The lowest BCUT2D eigenvalue weighted by Crippen LogP contribution is -2.25. The summed E-state index contributed by atoms with van der Waals surface area (Å²) >= 11 is 0. The van der Waals surface area contributed by atoms with Crippen molar-refractivity contribution in [1.29, 1.82) is 0 Å². The summed E-state index contributed by atoms with van der Waals surface area (Å²) in [6.07, 6.45) is 4.38. The molecule has 3 heteroatoms. The van der Waals surface area contributed by atoms with Crippen LogP contribution < -0.4 is 0 Å². The summed E-state index contributed by atoms with van der Waals surface area (Å²) < 4.78 is 0. The Morgan fingerprint density at radius 1 is 1.31 bits per heavy atom. The third kappa shape index (κ3) is 7.78. The van der Waals surface area contributed by atoms with Crippen molar-refractivity contribution in [2.45, 2.75) is 59.0 Å². The van der Waals surface area contributed by atoms with Crippen molar-refractivity contribution in [2.75, 3.05) is 0 Å². The van der Waals surface area contributed by atoms with Gasteiger partial charge < -0.3 is 0 Å². The Bertz CT molecular complexity index is 152. The highest BCUT2D eigenvalue weighted by atomic mass is 17.2. The molecule has 0 atom stereocenters. The smallest absolute Gasteiger partial charge is 0.298 e. The van der Waals surface area contributed by atoms with Crippen LogP contribution in [0.3, 0.4) is 0 Å². The maximum Gasteiger partial charge on any atom is 0.339 e. The van der Waals surface area contributed by atoms with E-state index in [0.29, 0.717) is 0 Å². The average Bonchev–Trinajstić information content (AvgIpc) is 2.02. The van der Waals surface area contributed by atoms with Crippen LogP contribution in [-0.2, 0) is 14.6 Å². The fourth-order valence-corrected chi connectivity index (χ4v) is 1.01. The first-order valence-electron chi connectivity index (χ1n) is 4.84. The van der Waals surface area contributed by atoms with Gasteiger partial charge in [-0.2, -0.15) is 4.89 Å². The van der Waals surface area contributed by atoms with E-state index in [9.17, 15) is 4.79 Å². The molecule has 0 radical (unpaired) electrons. The van der Waals surface area contributed by atoms with Gasteiger partial charge in [0, 0.05) is 6.92 Å². The van der Waals surface area contributed by atoms with Gasteiger partial charge in [0.2, 0.25) is 0 Å². The monoisotopic (exact) mass is 188 g/mol. The van der Waals surface area contributed by atoms with E-state index in [1.807, 2.05) is 13.8 Å². The van der Waals surface area contributed by atoms with Crippen LogP contribution in [0.5, 0.6) is 0 Å². The lowest BCUT2D eigenvalue weighted by Gasteiger charge is -2.21. The lowest BCUT2D eigenvalue weighted by molar-refractivity contribution is -0.324. The van der Waals surface area contributed by atoms with Crippen LogP contribution in [0.1, 0.15) is 53.4 Å². The molecule has 0 amide bonds. The first kappa shape index (κ1) is 12.4. The van der Waals surface area contributed by atoms with Gasteiger partial charge in [-0.1, -0.05) is 26.2 Å². The Kier molecular flexibility index (Phi) is 5.71. The van der Waals surface area contributed by atoms with Crippen LogP contribution in [0.4, 0.5) is 0 Å². The van der Waals surface area contributed by atoms with E-state index in [4.69, 9.17) is 4.89 Å². The second kappa shape index (κ2) is 5.97. The summed E-state index contributed by atoms with van der Waals surface area (Å²) in [5.41, 5.74) is -0.360. The minimum Gasteiger partial charge on any atom is -0.298 e. The molecule has 0 saturated carbocycles. The van der Waals surface area contributed by atoms with Crippen molar-refractivity contribution in [3.63, 3.8) is 0 Å². The molecule has 78 valence electrons. The molecule has 0 rings (SSSR count). The molecular formula is C10H20O3. The molecule has 0 fully saturated rings. The van der Waals surface area contributed by atoms with Crippen LogP contribution in [0, 0.1) is 0 Å². The Labute approximate surface area is 80.3 Å². The van der Waals surface area contributed by atoms with Crippen LogP contribution >= 0.6 is 0 Å². The maximum atomic E-state index is 10.5. The van der Waals surface area contributed by atoms with Gasteiger partial charge >= 0.3 is 5.97 Å². The Hall–Kier alpha value is -0.570. The number of carbonyl (C=O) groups is 1. The normalized spacial score (nSPS) is 11.4. The fourth-order valence-electron chi connectivity index (χ4n) is 1.01. The van der Waals surface area contributed by atoms with Crippen molar-refractivity contribution in [3.05, 3.63) is 0 Å². The van der Waals surface area contributed by atoms with Crippen LogP contribution in [0.2, 0.25) is 0 Å². The zero-order valence-corrected chi connectivity index (χ0v) is 9.05. The van der Waals surface area contributed by atoms with Crippen molar-refractivity contribution in [3.8, 4) is 0 Å². The van der Waals surface area contributed by atoms with E-state index >= 15 is 0 Å². The largest absolute Gasteiger partial charge is 0.339 e. The molecular weight excluding hydrogens is 168 g/mol. The van der Waals surface area contributed by atoms with E-state index in [1.165, 1.54) is 19.8 Å². The molecule has 0 heterocycles. The predicted octanol–water partition coefficient (Wildman–Crippen LogP) is 2.84. The topological polar surface area (TPSA) is 35.5 Å². The average molecular weight is 188 g/mol. The number of carbonyl (C=O) groups excluding carboxylic acids is 1. The molecule has 3 nitrogen and oxygen atoms in total. The van der Waals surface area contributed by atoms with Gasteiger partial charge in [-0.05, 0) is 20.3 Å². The second-order valence-electron chi connectivity index (χ2n) is 3.88. The molecule has 0 aliphatic carbocycles. The molecule has 0 aliphatic heterocycles. The van der Waals surface area contributed by atoms with Gasteiger partial charge in [0.05, 0.1) is 0 Å². The maximum absolute atomic E-state index is 10.5. The highest BCUT2D eigenvalue weighted by Crippen LogP contribution is 2.18. The van der Waals surface area contributed by atoms with Crippen molar-refractivity contribution < 1.29 is 14.6 Å². The third-order valence-electron chi connectivity index (χ3n) is 1.77. The second-order valence-corrected chi connectivity index (χ2v) is 3.88. The fraction of sp³-hybridized carbons (Fsp3) is 0.900. The standard InChI is InChI=1S/C10H20O3/c1-5-6-7-8-10(3,4)13-12-9(2)11/h5-8H2,1-4H3. The third-order valence-corrected chi connectivity index (χ3v) is 1.77. The molecule has 0 aliphatic rings. The molecule has 0 bridgehead atoms. The Morgan fingerprint density at radius 3 is 2.38 bits per heavy atom. The first-order valence-corrected chi connectivity index (χ1v) is 4.84. The molecule has 0 aromatic heterocycles. The van der Waals surface area contributed by atoms with Gasteiger partial charge in [-0.3, -0.25) is 4.89 Å². The highest BCUT2D eigenvalue weighted by molar-refractivity contribution is 5.65. The molecule has 0 N–H and O–H groups in total. The van der Waals surface area contributed by atoms with Gasteiger partial charge in [0.15, 0.2) is 0 Å². The van der Waals surface area contributed by atoms with E-state index < -0.39 is 5.97 Å². The SMILES string of the molecule is CCCCCC(C)(C)OOC(C)=O. The quantitative estimate of drug-likeness (QED) is 0.365. The number of rotatable bonds is 6.